The van der Waals surface area contributed by atoms with Crippen LogP contribution in [0.4, 0.5) is 24.5 Å². The second-order valence-electron chi connectivity index (χ2n) is 9.92. The van der Waals surface area contributed by atoms with Gasteiger partial charge in [-0.25, -0.2) is 4.90 Å². The number of halogens is 6. The molecule has 3 atom stereocenters. The number of alkyl halides is 3. The van der Waals surface area contributed by atoms with Crippen molar-refractivity contribution in [3.05, 3.63) is 107 Å². The van der Waals surface area contributed by atoms with Gasteiger partial charge in [0.05, 0.1) is 32.2 Å². The number of anilines is 2. The molecule has 2 aliphatic rings. The topological polar surface area (TPSA) is 88.5 Å². The summed E-state index contributed by atoms with van der Waals surface area (Å²) in [5.74, 6) is -3.61. The normalized spacial score (nSPS) is 19.6. The highest BCUT2D eigenvalue weighted by Gasteiger charge is 2.57. The molecular weight excluding hydrogens is 682 g/mol. The molecule has 6 rings (SSSR count). The van der Waals surface area contributed by atoms with E-state index in [0.29, 0.717) is 21.2 Å². The van der Waals surface area contributed by atoms with Crippen LogP contribution in [-0.2, 0) is 27.1 Å². The Morgan fingerprint density at radius 3 is 2.34 bits per heavy atom. The fourth-order valence-electron chi connectivity index (χ4n) is 5.31. The predicted octanol–water partition coefficient (Wildman–Crippen LogP) is 7.32. The number of carbonyl (C=O) groups is 3. The number of fused-ring (bicyclic) bond motifs is 2. The van der Waals surface area contributed by atoms with E-state index in [1.807, 2.05) is 0 Å². The molecule has 3 amide bonds. The van der Waals surface area contributed by atoms with Crippen molar-refractivity contribution in [2.75, 3.05) is 10.2 Å². The van der Waals surface area contributed by atoms with Gasteiger partial charge in [-0.3, -0.25) is 23.7 Å². The zero-order chi connectivity index (χ0) is 31.5. The molecule has 3 heterocycles. The molecule has 0 saturated carbocycles. The lowest BCUT2D eigenvalue weighted by Gasteiger charge is -2.31. The van der Waals surface area contributed by atoms with Crippen molar-refractivity contribution in [2.24, 2.45) is 5.92 Å². The lowest BCUT2D eigenvalue weighted by atomic mass is 9.83. The second-order valence-corrected chi connectivity index (χ2v) is 13.3. The molecule has 0 aliphatic carbocycles. The lowest BCUT2D eigenvalue weighted by Crippen LogP contribution is -2.33. The van der Waals surface area contributed by atoms with Gasteiger partial charge in [0.2, 0.25) is 17.7 Å². The Labute approximate surface area is 270 Å². The molecule has 7 nitrogen and oxygen atoms in total. The van der Waals surface area contributed by atoms with Gasteiger partial charge in [0.1, 0.15) is 11.8 Å². The Hall–Kier alpha value is -3.29. The molecule has 1 N–H and O–H groups in total. The minimum atomic E-state index is -4.61. The van der Waals surface area contributed by atoms with Crippen molar-refractivity contribution in [1.82, 2.24) is 4.57 Å². The van der Waals surface area contributed by atoms with Crippen LogP contribution in [0.3, 0.4) is 0 Å². The molecule has 15 heteroatoms. The fourth-order valence-corrected chi connectivity index (χ4v) is 8.63. The lowest BCUT2D eigenvalue weighted by molar-refractivity contribution is -0.137. The van der Waals surface area contributed by atoms with Crippen LogP contribution in [0.5, 0.6) is 0 Å². The van der Waals surface area contributed by atoms with Crippen LogP contribution < -0.4 is 15.1 Å². The van der Waals surface area contributed by atoms with Gasteiger partial charge < -0.3 is 5.32 Å². The first-order valence-electron chi connectivity index (χ1n) is 12.8. The zero-order valence-corrected chi connectivity index (χ0v) is 25.8. The highest BCUT2D eigenvalue weighted by Crippen LogP contribution is 2.55. The van der Waals surface area contributed by atoms with Gasteiger partial charge in [0.15, 0.2) is 0 Å². The fraction of sp³-hybridized carbons (Fsp3) is 0.172. The maximum absolute atomic E-state index is 14.0. The Balaban J connectivity index is 1.40. The van der Waals surface area contributed by atoms with Gasteiger partial charge in [0.25, 0.3) is 0 Å². The second kappa shape index (κ2) is 11.6. The molecule has 0 radical (unpaired) electrons. The number of hydrogen-bond acceptors (Lipinski definition) is 6. The van der Waals surface area contributed by atoms with E-state index in [9.17, 15) is 32.3 Å². The summed E-state index contributed by atoms with van der Waals surface area (Å²) in [7, 11) is 0. The molecule has 1 saturated heterocycles. The van der Waals surface area contributed by atoms with E-state index >= 15 is 0 Å². The average Bonchev–Trinajstić information content (AvgIpc) is 3.41. The first kappa shape index (κ1) is 30.7. The van der Waals surface area contributed by atoms with Crippen molar-refractivity contribution in [2.45, 2.75) is 28.9 Å². The number of thioether (sulfide) groups is 1. The minimum absolute atomic E-state index is 0.103. The number of benzene rings is 3. The van der Waals surface area contributed by atoms with Crippen molar-refractivity contribution in [3.8, 4) is 0 Å². The van der Waals surface area contributed by atoms with Gasteiger partial charge in [-0.15, -0.1) is 0 Å². The first-order valence-corrected chi connectivity index (χ1v) is 15.6. The molecule has 44 heavy (non-hydrogen) atoms. The number of carbonyl (C=O) groups excluding carboxylic acids is 3. The Bertz CT molecular complexity index is 1900. The van der Waals surface area contributed by atoms with Crippen molar-refractivity contribution >= 4 is 87.0 Å². The predicted molar refractivity (Wildman–Crippen MR) is 164 cm³/mol. The smallest absolute Gasteiger partial charge is 0.325 e. The molecule has 2 aliphatic heterocycles. The van der Waals surface area contributed by atoms with Gasteiger partial charge in [-0.2, -0.15) is 13.2 Å². The minimum Gasteiger partial charge on any atom is -0.325 e. The van der Waals surface area contributed by atoms with Gasteiger partial charge in [0, 0.05) is 21.5 Å². The zero-order valence-electron chi connectivity index (χ0n) is 21.9. The van der Waals surface area contributed by atoms with Gasteiger partial charge in [-0.05, 0) is 54.1 Å². The number of amides is 3. The Morgan fingerprint density at radius 1 is 0.932 bits per heavy atom. The highest BCUT2D eigenvalue weighted by molar-refractivity contribution is 8.00. The quantitative estimate of drug-likeness (QED) is 0.221. The first-order chi connectivity index (χ1) is 20.8. The largest absolute Gasteiger partial charge is 0.416 e. The summed E-state index contributed by atoms with van der Waals surface area (Å²) >= 11 is 20.7. The molecule has 0 unspecified atom stereocenters. The molecule has 1 fully saturated rings. The molecular formula is C29H17Cl3F3N3O4S2. The van der Waals surface area contributed by atoms with Crippen molar-refractivity contribution in [1.29, 1.82) is 0 Å². The number of nitrogens with one attached hydrogen (secondary N) is 1. The maximum atomic E-state index is 14.0. The number of nitrogens with zero attached hydrogens (tertiary/aromatic N) is 2. The van der Waals surface area contributed by atoms with E-state index in [1.54, 1.807) is 42.5 Å². The van der Waals surface area contributed by atoms with Gasteiger partial charge in [-0.1, -0.05) is 76.1 Å². The third-order valence-corrected chi connectivity index (χ3v) is 10.9. The van der Waals surface area contributed by atoms with Crippen LogP contribution in [0.15, 0.2) is 76.6 Å². The summed E-state index contributed by atoms with van der Waals surface area (Å²) in [6.07, 6.45) is -4.61. The van der Waals surface area contributed by atoms with Crippen LogP contribution in [0.1, 0.15) is 21.9 Å². The number of thiazole rings is 1. The summed E-state index contributed by atoms with van der Waals surface area (Å²) in [6.45, 7) is -0.551. The van der Waals surface area contributed by atoms with Crippen LogP contribution >= 0.6 is 57.9 Å². The summed E-state index contributed by atoms with van der Waals surface area (Å²) < 4.78 is 40.6. The van der Waals surface area contributed by atoms with Crippen LogP contribution in [0.25, 0.3) is 0 Å². The van der Waals surface area contributed by atoms with Crippen LogP contribution in [0, 0.1) is 5.92 Å². The number of imide groups is 1. The molecule has 0 bridgehead atoms. The Kier molecular flexibility index (Phi) is 8.08. The monoisotopic (exact) mass is 697 g/mol. The summed E-state index contributed by atoms with van der Waals surface area (Å²) in [6, 6.07) is 15.2. The number of aromatic nitrogens is 1. The molecule has 4 aromatic rings. The average molecular weight is 699 g/mol. The molecule has 226 valence electrons. The summed E-state index contributed by atoms with van der Waals surface area (Å²) in [5, 5.41) is 2.46. The number of rotatable bonds is 5. The molecule has 0 spiro atoms. The maximum Gasteiger partial charge on any atom is 0.416 e. The third-order valence-electron chi connectivity index (χ3n) is 7.23. The highest BCUT2D eigenvalue weighted by atomic mass is 35.5. The van der Waals surface area contributed by atoms with E-state index < -0.39 is 58.0 Å². The van der Waals surface area contributed by atoms with Crippen molar-refractivity contribution < 1.29 is 27.6 Å². The number of hydrogen-bond donors (Lipinski definition) is 1. The Morgan fingerprint density at radius 2 is 1.64 bits per heavy atom. The van der Waals surface area contributed by atoms with Crippen molar-refractivity contribution in [3.63, 3.8) is 0 Å². The van der Waals surface area contributed by atoms with E-state index in [1.165, 1.54) is 6.07 Å². The van der Waals surface area contributed by atoms with E-state index in [2.05, 4.69) is 5.32 Å². The molecule has 3 aromatic carbocycles. The van der Waals surface area contributed by atoms with Crippen LogP contribution in [-0.4, -0.2) is 27.5 Å². The third kappa shape index (κ3) is 5.43. The summed E-state index contributed by atoms with van der Waals surface area (Å²) in [5.41, 5.74) is -0.306. The summed E-state index contributed by atoms with van der Waals surface area (Å²) in [4.78, 5) is 55.0. The van der Waals surface area contributed by atoms with Crippen LogP contribution in [0.2, 0.25) is 15.1 Å². The van der Waals surface area contributed by atoms with E-state index in [4.69, 9.17) is 34.8 Å². The van der Waals surface area contributed by atoms with Gasteiger partial charge >= 0.3 is 11.0 Å². The molecule has 1 aromatic heterocycles. The SMILES string of the molecule is O=C(Cn1c2c(sc1=O)[C@@H](c1cccc(Cl)c1Cl)[C@@H]1C(=O)N(c3ccc(Cl)cc3)C(=O)[C@@H]1S2)Nc1cccc(C(F)(F)F)c1. The van der Waals surface area contributed by atoms with E-state index in [0.717, 1.165) is 50.8 Å². The van der Waals surface area contributed by atoms with E-state index in [-0.39, 0.29) is 20.8 Å². The standard InChI is InChI=1S/C29H17Cl3F3N3O4S2/c30-14-7-9-16(10-8-14)38-25(40)21-20(17-5-2-6-18(31)22(17)32)24-27(43-23(21)26(38)41)37(28(42)44-24)12-19(39)36-15-4-1-3-13(11-15)29(33,34)35/h1-11,20-21,23H,12H2,(H,36,39)/t20-,21-,23+/m0/s1.